The van der Waals surface area contributed by atoms with Gasteiger partial charge in [-0.3, -0.25) is 9.78 Å². The maximum atomic E-state index is 13.3. The minimum atomic E-state index is -0.451. The number of carbonyl (C=O) groups is 1. The fourth-order valence-corrected chi connectivity index (χ4v) is 1.54. The number of carbonyl (C=O) groups excluding carboxylic acids is 1. The van der Waals surface area contributed by atoms with Crippen molar-refractivity contribution in [2.24, 2.45) is 0 Å². The second-order valence-corrected chi connectivity index (χ2v) is 3.50. The summed E-state index contributed by atoms with van der Waals surface area (Å²) in [6, 6.07) is 5.87. The zero-order valence-electron chi connectivity index (χ0n) is 9.18. The zero-order chi connectivity index (χ0) is 12.3. The Morgan fingerprint density at radius 2 is 2.00 bits per heavy atom. The van der Waals surface area contributed by atoms with Crippen LogP contribution in [0.4, 0.5) is 4.39 Å². The van der Waals surface area contributed by atoms with Gasteiger partial charge in [-0.05, 0) is 29.8 Å². The summed E-state index contributed by atoms with van der Waals surface area (Å²) in [5.74, 6) is 0.131. The molecule has 1 heterocycles. The van der Waals surface area contributed by atoms with Gasteiger partial charge in [0.15, 0.2) is 0 Å². The highest BCUT2D eigenvalue weighted by Gasteiger charge is 2.04. The number of hydrogen-bond acceptors (Lipinski definition) is 3. The highest BCUT2D eigenvalue weighted by Crippen LogP contribution is 2.24. The first-order valence-electron chi connectivity index (χ1n) is 4.98. The number of aromatic nitrogens is 1. The van der Waals surface area contributed by atoms with E-state index in [0.717, 1.165) is 0 Å². The van der Waals surface area contributed by atoms with E-state index < -0.39 is 5.82 Å². The zero-order valence-corrected chi connectivity index (χ0v) is 9.18. The first kappa shape index (κ1) is 11.3. The van der Waals surface area contributed by atoms with Crippen LogP contribution in [0.5, 0.6) is 5.75 Å². The molecule has 0 radical (unpaired) electrons. The molecule has 2 aromatic rings. The number of methoxy groups -OCH3 is 1. The van der Waals surface area contributed by atoms with Gasteiger partial charge in [0.1, 0.15) is 17.9 Å². The summed E-state index contributed by atoms with van der Waals surface area (Å²) >= 11 is 0. The molecule has 1 aromatic heterocycles. The molecule has 0 aliphatic rings. The van der Waals surface area contributed by atoms with E-state index in [1.165, 1.54) is 19.2 Å². The summed E-state index contributed by atoms with van der Waals surface area (Å²) < 4.78 is 18.3. The Labute approximate surface area is 97.9 Å². The molecule has 0 aliphatic carbocycles. The lowest BCUT2D eigenvalue weighted by atomic mass is 10.0. The normalized spacial score (nSPS) is 10.0. The second-order valence-electron chi connectivity index (χ2n) is 3.50. The fourth-order valence-electron chi connectivity index (χ4n) is 1.54. The summed E-state index contributed by atoms with van der Waals surface area (Å²) in [6.07, 6.45) is 3.76. The van der Waals surface area contributed by atoms with E-state index in [-0.39, 0.29) is 0 Å². The molecule has 0 atom stereocenters. The van der Waals surface area contributed by atoms with Crippen molar-refractivity contribution in [3.05, 3.63) is 48.0 Å². The van der Waals surface area contributed by atoms with E-state index in [1.54, 1.807) is 24.5 Å². The lowest BCUT2D eigenvalue weighted by molar-refractivity contribution is 0.112. The van der Waals surface area contributed by atoms with Gasteiger partial charge in [0.05, 0.1) is 13.3 Å². The van der Waals surface area contributed by atoms with Crippen LogP contribution in [-0.2, 0) is 0 Å². The Kier molecular flexibility index (Phi) is 3.14. The monoisotopic (exact) mass is 231 g/mol. The maximum absolute atomic E-state index is 13.3. The third kappa shape index (κ3) is 2.47. The highest BCUT2D eigenvalue weighted by molar-refractivity contribution is 5.79. The van der Waals surface area contributed by atoms with E-state index >= 15 is 0 Å². The predicted molar refractivity (Wildman–Crippen MR) is 61.6 cm³/mol. The van der Waals surface area contributed by atoms with Crippen LogP contribution in [0.3, 0.4) is 0 Å². The van der Waals surface area contributed by atoms with Gasteiger partial charge < -0.3 is 4.74 Å². The molecule has 0 bridgehead atoms. The van der Waals surface area contributed by atoms with E-state index in [9.17, 15) is 9.18 Å². The Morgan fingerprint density at radius 1 is 1.18 bits per heavy atom. The number of nitrogens with zero attached hydrogens (tertiary/aromatic N) is 1. The molecular weight excluding hydrogens is 221 g/mol. The van der Waals surface area contributed by atoms with Gasteiger partial charge >= 0.3 is 0 Å². The summed E-state index contributed by atoms with van der Waals surface area (Å²) in [4.78, 5) is 14.6. The van der Waals surface area contributed by atoms with Gasteiger partial charge in [0.25, 0.3) is 0 Å². The third-order valence-corrected chi connectivity index (χ3v) is 2.34. The SMILES string of the molecule is COc1cncc(-c2cc(F)cc(C=O)c2)c1. The van der Waals surface area contributed by atoms with Crippen molar-refractivity contribution >= 4 is 6.29 Å². The van der Waals surface area contributed by atoms with Crippen molar-refractivity contribution in [1.82, 2.24) is 4.98 Å². The Hall–Kier alpha value is -2.23. The van der Waals surface area contributed by atoms with Crippen molar-refractivity contribution in [3.8, 4) is 16.9 Å². The summed E-state index contributed by atoms with van der Waals surface area (Å²) in [6.45, 7) is 0. The van der Waals surface area contributed by atoms with E-state index in [0.29, 0.717) is 28.7 Å². The highest BCUT2D eigenvalue weighted by atomic mass is 19.1. The van der Waals surface area contributed by atoms with E-state index in [2.05, 4.69) is 4.98 Å². The first-order valence-corrected chi connectivity index (χ1v) is 4.98. The third-order valence-electron chi connectivity index (χ3n) is 2.34. The number of aldehydes is 1. The predicted octanol–water partition coefficient (Wildman–Crippen LogP) is 2.71. The van der Waals surface area contributed by atoms with Gasteiger partial charge in [0, 0.05) is 17.3 Å². The second kappa shape index (κ2) is 4.74. The Morgan fingerprint density at radius 3 is 2.71 bits per heavy atom. The van der Waals surface area contributed by atoms with Crippen molar-refractivity contribution < 1.29 is 13.9 Å². The van der Waals surface area contributed by atoms with Gasteiger partial charge in [-0.2, -0.15) is 0 Å². The van der Waals surface area contributed by atoms with Gasteiger partial charge in [0.2, 0.25) is 0 Å². The number of ether oxygens (including phenoxy) is 1. The van der Waals surface area contributed by atoms with Crippen LogP contribution in [0, 0.1) is 5.82 Å². The molecular formula is C13H10FNO2. The minimum Gasteiger partial charge on any atom is -0.495 e. The quantitative estimate of drug-likeness (QED) is 0.762. The molecule has 0 N–H and O–H groups in total. The van der Waals surface area contributed by atoms with Crippen LogP contribution in [0.2, 0.25) is 0 Å². The Balaban J connectivity index is 2.51. The molecule has 0 saturated heterocycles. The van der Waals surface area contributed by atoms with Gasteiger partial charge in [-0.15, -0.1) is 0 Å². The average Bonchev–Trinajstić information content (AvgIpc) is 2.38. The van der Waals surface area contributed by atoms with Crippen LogP contribution >= 0.6 is 0 Å². The molecule has 4 heteroatoms. The number of pyridine rings is 1. The van der Waals surface area contributed by atoms with Crippen LogP contribution in [-0.4, -0.2) is 18.4 Å². The molecule has 0 saturated carbocycles. The lowest BCUT2D eigenvalue weighted by Crippen LogP contribution is -1.89. The first-order chi connectivity index (χ1) is 8.22. The minimum absolute atomic E-state index is 0.294. The number of hydrogen-bond donors (Lipinski definition) is 0. The van der Waals surface area contributed by atoms with Gasteiger partial charge in [-0.25, -0.2) is 4.39 Å². The molecule has 1 aromatic carbocycles. The van der Waals surface area contributed by atoms with Crippen LogP contribution in [0.15, 0.2) is 36.7 Å². The molecule has 0 amide bonds. The lowest BCUT2D eigenvalue weighted by Gasteiger charge is -2.05. The van der Waals surface area contributed by atoms with Crippen molar-refractivity contribution in [1.29, 1.82) is 0 Å². The van der Waals surface area contributed by atoms with E-state index in [1.807, 2.05) is 0 Å². The van der Waals surface area contributed by atoms with Crippen LogP contribution < -0.4 is 4.74 Å². The number of halogens is 1. The molecule has 0 aliphatic heterocycles. The van der Waals surface area contributed by atoms with E-state index in [4.69, 9.17) is 4.74 Å². The summed E-state index contributed by atoms with van der Waals surface area (Å²) in [7, 11) is 1.53. The maximum Gasteiger partial charge on any atom is 0.150 e. The summed E-state index contributed by atoms with van der Waals surface area (Å²) in [5, 5.41) is 0. The Bertz CT molecular complexity index is 555. The van der Waals surface area contributed by atoms with Crippen molar-refractivity contribution in [2.75, 3.05) is 7.11 Å². The molecule has 3 nitrogen and oxygen atoms in total. The molecule has 0 spiro atoms. The van der Waals surface area contributed by atoms with Crippen molar-refractivity contribution in [2.45, 2.75) is 0 Å². The van der Waals surface area contributed by atoms with Crippen LogP contribution in [0.25, 0.3) is 11.1 Å². The average molecular weight is 231 g/mol. The van der Waals surface area contributed by atoms with Crippen LogP contribution in [0.1, 0.15) is 10.4 Å². The largest absolute Gasteiger partial charge is 0.495 e. The van der Waals surface area contributed by atoms with Crippen molar-refractivity contribution in [3.63, 3.8) is 0 Å². The molecule has 86 valence electrons. The fraction of sp³-hybridized carbons (Fsp3) is 0.0769. The standard InChI is InChI=1S/C13H10FNO2/c1-17-13-5-11(6-15-7-13)10-2-9(8-16)3-12(14)4-10/h2-8H,1H3. The topological polar surface area (TPSA) is 39.2 Å². The number of benzene rings is 1. The molecule has 0 fully saturated rings. The summed E-state index contributed by atoms with van der Waals surface area (Å²) in [5.41, 5.74) is 1.59. The molecule has 17 heavy (non-hydrogen) atoms. The molecule has 2 rings (SSSR count). The van der Waals surface area contributed by atoms with Gasteiger partial charge in [-0.1, -0.05) is 0 Å². The smallest absolute Gasteiger partial charge is 0.150 e. The number of rotatable bonds is 3. The molecule has 0 unspecified atom stereocenters.